The zero-order valence-corrected chi connectivity index (χ0v) is 9.57. The van der Waals surface area contributed by atoms with Crippen LogP contribution in [0.5, 0.6) is 0 Å². The molecule has 100 valence electrons. The van der Waals surface area contributed by atoms with Crippen LogP contribution < -0.4 is 5.73 Å². The highest BCUT2D eigenvalue weighted by Gasteiger charge is 2.29. The summed E-state index contributed by atoms with van der Waals surface area (Å²) in [6.45, 7) is 0. The molecule has 0 aromatic carbocycles. The van der Waals surface area contributed by atoms with Crippen LogP contribution in [-0.2, 0) is 9.59 Å². The molecule has 0 saturated heterocycles. The van der Waals surface area contributed by atoms with Crippen LogP contribution in [0.3, 0.4) is 0 Å². The van der Waals surface area contributed by atoms with Crippen molar-refractivity contribution in [3.8, 4) is 0 Å². The number of carboxylic acid groups (broad SMARTS) is 2. The van der Waals surface area contributed by atoms with Gasteiger partial charge in [-0.05, 0) is 11.5 Å². The first-order valence-corrected chi connectivity index (χ1v) is 5.12. The third-order valence-corrected chi connectivity index (χ3v) is 2.11. The molecule has 1 heterocycles. The van der Waals surface area contributed by atoms with Crippen LogP contribution in [0.2, 0.25) is 0 Å². The van der Waals surface area contributed by atoms with E-state index < -0.39 is 30.1 Å². The molecule has 0 bridgehead atoms. The zero-order chi connectivity index (χ0) is 14.3. The third-order valence-electron chi connectivity index (χ3n) is 1.52. The minimum Gasteiger partial charge on any atom is -0.479 e. The topological polar surface area (TPSA) is 171 Å². The van der Waals surface area contributed by atoms with Crippen LogP contribution in [0.1, 0.15) is 10.4 Å². The number of aliphatic carboxylic acids is 2. The molecule has 18 heavy (non-hydrogen) atoms. The quantitative estimate of drug-likeness (QED) is 0.425. The highest BCUT2D eigenvalue weighted by atomic mass is 32.1. The van der Waals surface area contributed by atoms with Crippen molar-refractivity contribution in [2.45, 2.75) is 12.2 Å². The van der Waals surface area contributed by atoms with Gasteiger partial charge in [-0.3, -0.25) is 4.79 Å². The van der Waals surface area contributed by atoms with Crippen molar-refractivity contribution < 1.29 is 34.8 Å². The second-order valence-electron chi connectivity index (χ2n) is 2.84. The van der Waals surface area contributed by atoms with Gasteiger partial charge >= 0.3 is 11.9 Å². The second-order valence-corrected chi connectivity index (χ2v) is 3.50. The highest BCUT2D eigenvalue weighted by Crippen LogP contribution is 1.98. The fraction of sp³-hybridized carbons (Fsp3) is 0.250. The van der Waals surface area contributed by atoms with E-state index in [0.29, 0.717) is 5.56 Å². The summed E-state index contributed by atoms with van der Waals surface area (Å²) in [5, 5.41) is 34.1. The average molecular weight is 278 g/mol. The first-order valence-electron chi connectivity index (χ1n) is 4.28. The number of amides is 1. The number of aliphatic hydroxyl groups is 2. The van der Waals surface area contributed by atoms with Crippen molar-refractivity contribution in [3.63, 3.8) is 0 Å². The Hall–Kier alpha value is -2.04. The summed E-state index contributed by atoms with van der Waals surface area (Å²) in [7, 11) is 0. The van der Waals surface area contributed by atoms with Gasteiger partial charge in [0.25, 0.3) is 5.91 Å². The molecule has 0 saturated carbocycles. The number of rotatable bonds is 4. The minimum absolute atomic E-state index is 0.418. The molecule has 9 nitrogen and oxygen atoms in total. The van der Waals surface area contributed by atoms with E-state index in [9.17, 15) is 14.4 Å². The molecule has 1 amide bonds. The lowest BCUT2D eigenvalue weighted by molar-refractivity contribution is -0.165. The summed E-state index contributed by atoms with van der Waals surface area (Å²) in [6.07, 6.45) is -3.08. The van der Waals surface area contributed by atoms with Crippen molar-refractivity contribution in [1.29, 1.82) is 0 Å². The van der Waals surface area contributed by atoms with Crippen molar-refractivity contribution >= 4 is 29.4 Å². The third kappa shape index (κ3) is 5.34. The molecular formula is C8H10N2O7S. The van der Waals surface area contributed by atoms with Crippen LogP contribution in [0, 0.1) is 0 Å². The number of primary amides is 1. The van der Waals surface area contributed by atoms with Gasteiger partial charge in [-0.25, -0.2) is 14.0 Å². The molecule has 1 rings (SSSR count). The molecule has 0 radical (unpaired) electrons. The summed E-state index contributed by atoms with van der Waals surface area (Å²) in [6, 6.07) is 0. The molecule has 0 spiro atoms. The Morgan fingerprint density at radius 3 is 1.78 bits per heavy atom. The van der Waals surface area contributed by atoms with E-state index in [-0.39, 0.29) is 0 Å². The summed E-state index contributed by atoms with van der Waals surface area (Å²) in [5.41, 5.74) is 5.37. The lowest BCUT2D eigenvalue weighted by Crippen LogP contribution is -2.39. The molecule has 0 aliphatic carbocycles. The van der Waals surface area contributed by atoms with Gasteiger partial charge in [0.1, 0.15) is 0 Å². The van der Waals surface area contributed by atoms with Crippen LogP contribution >= 0.6 is 11.5 Å². The van der Waals surface area contributed by atoms with E-state index in [4.69, 9.17) is 26.2 Å². The summed E-state index contributed by atoms with van der Waals surface area (Å²) < 4.78 is 3.68. The van der Waals surface area contributed by atoms with Gasteiger partial charge in [0, 0.05) is 5.38 Å². The Balaban J connectivity index is 0.000000327. The Labute approximate surface area is 104 Å². The molecule has 0 aliphatic rings. The van der Waals surface area contributed by atoms with E-state index in [0.717, 1.165) is 0 Å². The van der Waals surface area contributed by atoms with Crippen LogP contribution in [0.15, 0.2) is 11.6 Å². The number of nitrogens with zero attached hydrogens (tertiary/aromatic N) is 1. The number of hydrogen-bond acceptors (Lipinski definition) is 7. The summed E-state index contributed by atoms with van der Waals surface area (Å²) in [4.78, 5) is 29.8. The van der Waals surface area contributed by atoms with Gasteiger partial charge in [0.05, 0.1) is 11.8 Å². The van der Waals surface area contributed by atoms with E-state index in [1.165, 1.54) is 17.7 Å². The fourth-order valence-corrected chi connectivity index (χ4v) is 1.12. The summed E-state index contributed by atoms with van der Waals surface area (Å²) >= 11 is 1.22. The minimum atomic E-state index is -2.27. The van der Waals surface area contributed by atoms with Gasteiger partial charge in [0.15, 0.2) is 12.2 Å². The van der Waals surface area contributed by atoms with E-state index in [2.05, 4.69) is 4.37 Å². The molecule has 0 fully saturated rings. The van der Waals surface area contributed by atoms with Crippen LogP contribution in [0.25, 0.3) is 0 Å². The monoisotopic (exact) mass is 278 g/mol. The number of carbonyl (C=O) groups excluding carboxylic acids is 1. The molecule has 1 aromatic rings. The van der Waals surface area contributed by atoms with Crippen LogP contribution in [-0.4, -0.2) is 54.9 Å². The Bertz CT molecular complexity index is 401. The van der Waals surface area contributed by atoms with Crippen molar-refractivity contribution in [3.05, 3.63) is 17.1 Å². The van der Waals surface area contributed by atoms with E-state index in [1.807, 2.05) is 0 Å². The predicted octanol–water partition coefficient (Wildman–Crippen LogP) is -1.88. The largest absolute Gasteiger partial charge is 0.479 e. The number of aromatic nitrogens is 1. The maximum Gasteiger partial charge on any atom is 0.335 e. The van der Waals surface area contributed by atoms with Gasteiger partial charge in [-0.2, -0.15) is 0 Å². The van der Waals surface area contributed by atoms with Gasteiger partial charge in [-0.1, -0.05) is 0 Å². The summed E-state index contributed by atoms with van der Waals surface area (Å²) in [5.74, 6) is -3.96. The van der Waals surface area contributed by atoms with Crippen molar-refractivity contribution in [2.24, 2.45) is 5.73 Å². The van der Waals surface area contributed by atoms with Crippen molar-refractivity contribution in [2.75, 3.05) is 0 Å². The maximum absolute atomic E-state index is 10.3. The number of aliphatic hydroxyl groups excluding tert-OH is 2. The molecule has 6 N–H and O–H groups in total. The van der Waals surface area contributed by atoms with Gasteiger partial charge < -0.3 is 26.2 Å². The standard InChI is InChI=1S/C4H4N2OS.C4H6O6/c5-4(7)3-1-6-8-2-3;5-1(3(7)8)2(6)4(9)10/h1-2H,(H2,5,7);1-2,5-6H,(H,7,8)(H,9,10). The fourth-order valence-electron chi connectivity index (χ4n) is 0.597. The SMILES string of the molecule is NC(=O)c1cnsc1.O=C(O)C(O)C(O)C(=O)O. The Kier molecular flexibility index (Phi) is 6.49. The number of carboxylic acids is 2. The zero-order valence-electron chi connectivity index (χ0n) is 8.76. The molecule has 1 aromatic heterocycles. The highest BCUT2D eigenvalue weighted by molar-refractivity contribution is 7.03. The normalized spacial score (nSPS) is 12.8. The number of nitrogens with two attached hydrogens (primary N) is 1. The Morgan fingerprint density at radius 2 is 1.61 bits per heavy atom. The Morgan fingerprint density at radius 1 is 1.17 bits per heavy atom. The number of carbonyl (C=O) groups is 3. The number of hydrogen-bond donors (Lipinski definition) is 5. The van der Waals surface area contributed by atoms with Crippen LogP contribution in [0.4, 0.5) is 0 Å². The lowest BCUT2D eigenvalue weighted by atomic mass is 10.2. The molecule has 2 atom stereocenters. The molecule has 0 aliphatic heterocycles. The van der Waals surface area contributed by atoms with Gasteiger partial charge in [-0.15, -0.1) is 0 Å². The predicted molar refractivity (Wildman–Crippen MR) is 57.9 cm³/mol. The molecule has 2 unspecified atom stereocenters. The second kappa shape index (κ2) is 7.32. The first kappa shape index (κ1) is 16.0. The smallest absolute Gasteiger partial charge is 0.335 e. The van der Waals surface area contributed by atoms with E-state index >= 15 is 0 Å². The maximum atomic E-state index is 10.3. The lowest BCUT2D eigenvalue weighted by Gasteiger charge is -2.07. The molecular weight excluding hydrogens is 268 g/mol. The first-order chi connectivity index (χ1) is 8.27. The average Bonchev–Trinajstić information content (AvgIpc) is 2.81. The van der Waals surface area contributed by atoms with E-state index in [1.54, 1.807) is 5.38 Å². The van der Waals surface area contributed by atoms with Gasteiger partial charge in [0.2, 0.25) is 0 Å². The van der Waals surface area contributed by atoms with Crippen molar-refractivity contribution in [1.82, 2.24) is 4.37 Å². The molecule has 10 heteroatoms.